The van der Waals surface area contributed by atoms with Crippen LogP contribution in [0.25, 0.3) is 10.9 Å². The molecule has 0 radical (unpaired) electrons. The second-order valence-corrected chi connectivity index (χ2v) is 4.19. The molecular weight excluding hydrogens is 270 g/mol. The molecule has 0 amide bonds. The zero-order chi connectivity index (χ0) is 14.7. The molecule has 7 heteroatoms. The lowest BCUT2D eigenvalue weighted by molar-refractivity contribution is 0.318. The lowest BCUT2D eigenvalue weighted by Gasteiger charge is -2.05. The van der Waals surface area contributed by atoms with Gasteiger partial charge in [-0.1, -0.05) is 23.4 Å². The summed E-state index contributed by atoms with van der Waals surface area (Å²) in [6.07, 6.45) is 4.36. The number of hydrogen-bond donors (Lipinski definition) is 2. The number of fused-ring (bicyclic) bond motifs is 1. The second kappa shape index (κ2) is 5.41. The summed E-state index contributed by atoms with van der Waals surface area (Å²) < 4.78 is 5.58. The third kappa shape index (κ3) is 2.71. The van der Waals surface area contributed by atoms with Crippen LogP contribution in [0.2, 0.25) is 0 Å². The van der Waals surface area contributed by atoms with E-state index in [0.717, 1.165) is 10.9 Å². The Balaban J connectivity index is 1.84. The zero-order valence-electron chi connectivity index (χ0n) is 10.8. The van der Waals surface area contributed by atoms with Gasteiger partial charge in [-0.15, -0.1) is 0 Å². The minimum atomic E-state index is -0.110. The molecule has 0 bridgehead atoms. The van der Waals surface area contributed by atoms with Crippen molar-refractivity contribution in [3.63, 3.8) is 0 Å². The van der Waals surface area contributed by atoms with Gasteiger partial charge in [0, 0.05) is 5.39 Å². The molecule has 3 N–H and O–H groups in total. The number of oxime groups is 1. The highest BCUT2D eigenvalue weighted by molar-refractivity contribution is 5.94. The van der Waals surface area contributed by atoms with Crippen LogP contribution in [0.15, 0.2) is 54.1 Å². The van der Waals surface area contributed by atoms with E-state index in [1.54, 1.807) is 6.20 Å². The molecule has 0 spiro atoms. The van der Waals surface area contributed by atoms with Crippen molar-refractivity contribution in [2.75, 3.05) is 0 Å². The van der Waals surface area contributed by atoms with Crippen molar-refractivity contribution >= 4 is 16.7 Å². The molecule has 0 saturated heterocycles. The fourth-order valence-corrected chi connectivity index (χ4v) is 1.78. The monoisotopic (exact) mass is 281 g/mol. The summed E-state index contributed by atoms with van der Waals surface area (Å²) in [5.74, 6) is 0.738. The molecule has 0 atom stereocenters. The van der Waals surface area contributed by atoms with E-state index in [9.17, 15) is 0 Å². The number of nitrogens with two attached hydrogens (primary N) is 1. The first kappa shape index (κ1) is 12.8. The highest BCUT2D eigenvalue weighted by Crippen LogP contribution is 2.22. The van der Waals surface area contributed by atoms with Gasteiger partial charge in [-0.3, -0.25) is 4.98 Å². The molecule has 1 aromatic carbocycles. The Morgan fingerprint density at radius 1 is 1.10 bits per heavy atom. The van der Waals surface area contributed by atoms with Gasteiger partial charge in [-0.25, -0.2) is 9.97 Å². The molecule has 0 unspecified atom stereocenters. The SMILES string of the molecule is N/C(=N/O)c1cnc(Oc2cnc3ccccc3c2)cn1. The molecule has 3 aromatic rings. The molecule has 104 valence electrons. The number of para-hydroxylation sites is 1. The zero-order valence-corrected chi connectivity index (χ0v) is 10.8. The molecule has 0 fully saturated rings. The van der Waals surface area contributed by atoms with Gasteiger partial charge >= 0.3 is 0 Å². The van der Waals surface area contributed by atoms with Crippen molar-refractivity contribution in [1.82, 2.24) is 15.0 Å². The van der Waals surface area contributed by atoms with Crippen LogP contribution in [0.3, 0.4) is 0 Å². The summed E-state index contributed by atoms with van der Waals surface area (Å²) in [5, 5.41) is 12.4. The topological polar surface area (TPSA) is 107 Å². The first-order valence-electron chi connectivity index (χ1n) is 6.09. The van der Waals surface area contributed by atoms with Gasteiger partial charge in [0.15, 0.2) is 5.84 Å². The third-order valence-corrected chi connectivity index (χ3v) is 2.79. The van der Waals surface area contributed by atoms with Crippen LogP contribution in [0, 0.1) is 0 Å². The van der Waals surface area contributed by atoms with Crippen molar-refractivity contribution in [3.8, 4) is 11.6 Å². The molecule has 2 aromatic heterocycles. The van der Waals surface area contributed by atoms with E-state index in [1.807, 2.05) is 30.3 Å². The fraction of sp³-hybridized carbons (Fsp3) is 0. The lowest BCUT2D eigenvalue weighted by atomic mass is 10.2. The predicted molar refractivity (Wildman–Crippen MR) is 76.4 cm³/mol. The highest BCUT2D eigenvalue weighted by atomic mass is 16.5. The Kier molecular flexibility index (Phi) is 3.30. The third-order valence-electron chi connectivity index (χ3n) is 2.79. The van der Waals surface area contributed by atoms with Crippen LogP contribution in [-0.4, -0.2) is 26.0 Å². The van der Waals surface area contributed by atoms with Crippen LogP contribution in [-0.2, 0) is 0 Å². The first-order valence-corrected chi connectivity index (χ1v) is 6.09. The Bertz CT molecular complexity index is 802. The standard InChI is InChI=1S/C14H11N5O2/c15-14(19-20)12-7-18-13(8-17-12)21-10-5-9-3-1-2-4-11(9)16-6-10/h1-8,20H,(H2,15,19). The molecule has 21 heavy (non-hydrogen) atoms. The predicted octanol–water partition coefficient (Wildman–Crippen LogP) is 1.91. The quantitative estimate of drug-likeness (QED) is 0.329. The molecule has 0 aliphatic carbocycles. The van der Waals surface area contributed by atoms with Gasteiger partial charge < -0.3 is 15.7 Å². The average molecular weight is 281 g/mol. The molecule has 0 aliphatic rings. The van der Waals surface area contributed by atoms with Crippen LogP contribution in [0.5, 0.6) is 11.6 Å². The van der Waals surface area contributed by atoms with Gasteiger partial charge in [0.1, 0.15) is 11.4 Å². The highest BCUT2D eigenvalue weighted by Gasteiger charge is 2.05. The largest absolute Gasteiger partial charge is 0.436 e. The van der Waals surface area contributed by atoms with Crippen molar-refractivity contribution in [1.29, 1.82) is 0 Å². The van der Waals surface area contributed by atoms with Gasteiger partial charge in [0.2, 0.25) is 5.88 Å². The van der Waals surface area contributed by atoms with Gasteiger partial charge in [0.05, 0.1) is 24.1 Å². The number of aromatic nitrogens is 3. The summed E-state index contributed by atoms with van der Waals surface area (Å²) >= 11 is 0. The fourth-order valence-electron chi connectivity index (χ4n) is 1.78. The maximum Gasteiger partial charge on any atom is 0.237 e. The number of amidine groups is 1. The van der Waals surface area contributed by atoms with Gasteiger partial charge in [-0.05, 0) is 12.1 Å². The molecule has 2 heterocycles. The number of benzene rings is 1. The van der Waals surface area contributed by atoms with E-state index in [0.29, 0.717) is 11.6 Å². The Morgan fingerprint density at radius 3 is 2.71 bits per heavy atom. The summed E-state index contributed by atoms with van der Waals surface area (Å²) in [7, 11) is 0. The number of nitrogens with zero attached hydrogens (tertiary/aromatic N) is 4. The molecular formula is C14H11N5O2. The Hall–Kier alpha value is -3.22. The molecule has 7 nitrogen and oxygen atoms in total. The maximum absolute atomic E-state index is 8.55. The van der Waals surface area contributed by atoms with E-state index in [-0.39, 0.29) is 11.5 Å². The van der Waals surface area contributed by atoms with Crippen molar-refractivity contribution < 1.29 is 9.94 Å². The minimum absolute atomic E-state index is 0.110. The number of hydrogen-bond acceptors (Lipinski definition) is 6. The second-order valence-electron chi connectivity index (χ2n) is 4.19. The summed E-state index contributed by atoms with van der Waals surface area (Å²) in [5.41, 5.74) is 6.56. The number of ether oxygens (including phenoxy) is 1. The van der Waals surface area contributed by atoms with Crippen molar-refractivity contribution in [2.24, 2.45) is 10.9 Å². The average Bonchev–Trinajstić information content (AvgIpc) is 2.55. The Morgan fingerprint density at radius 2 is 1.95 bits per heavy atom. The summed E-state index contributed by atoms with van der Waals surface area (Å²) in [6.45, 7) is 0. The van der Waals surface area contributed by atoms with Crippen LogP contribution < -0.4 is 10.5 Å². The number of rotatable bonds is 3. The lowest BCUT2D eigenvalue weighted by Crippen LogP contribution is -2.15. The van der Waals surface area contributed by atoms with Crippen LogP contribution >= 0.6 is 0 Å². The van der Waals surface area contributed by atoms with Gasteiger partial charge in [0.25, 0.3) is 0 Å². The normalized spacial score (nSPS) is 11.5. The van der Waals surface area contributed by atoms with E-state index in [4.69, 9.17) is 15.7 Å². The van der Waals surface area contributed by atoms with E-state index >= 15 is 0 Å². The van der Waals surface area contributed by atoms with Crippen LogP contribution in [0.4, 0.5) is 0 Å². The minimum Gasteiger partial charge on any atom is -0.436 e. The molecule has 3 rings (SSSR count). The maximum atomic E-state index is 8.55. The molecule has 0 saturated carbocycles. The summed E-state index contributed by atoms with van der Waals surface area (Å²) in [4.78, 5) is 12.3. The molecule has 0 aliphatic heterocycles. The van der Waals surface area contributed by atoms with Gasteiger partial charge in [-0.2, -0.15) is 0 Å². The van der Waals surface area contributed by atoms with E-state index < -0.39 is 0 Å². The smallest absolute Gasteiger partial charge is 0.237 e. The van der Waals surface area contributed by atoms with Crippen molar-refractivity contribution in [3.05, 3.63) is 54.6 Å². The van der Waals surface area contributed by atoms with Crippen LogP contribution in [0.1, 0.15) is 5.69 Å². The Labute approximate surface area is 119 Å². The first-order chi connectivity index (χ1) is 10.3. The van der Waals surface area contributed by atoms with E-state index in [1.165, 1.54) is 12.4 Å². The van der Waals surface area contributed by atoms with Crippen molar-refractivity contribution in [2.45, 2.75) is 0 Å². The van der Waals surface area contributed by atoms with E-state index in [2.05, 4.69) is 20.1 Å². The number of pyridine rings is 1. The summed E-state index contributed by atoms with van der Waals surface area (Å²) in [6, 6.07) is 9.58.